The predicted molar refractivity (Wildman–Crippen MR) is 74.0 cm³/mol. The van der Waals surface area contributed by atoms with Crippen LogP contribution in [0.1, 0.15) is 25.3 Å². The van der Waals surface area contributed by atoms with Crippen molar-refractivity contribution in [2.75, 3.05) is 13.7 Å². The largest absolute Gasteiger partial charge is 0.381 e. The molecule has 19 heavy (non-hydrogen) atoms. The van der Waals surface area contributed by atoms with Gasteiger partial charge in [0.25, 0.3) is 0 Å². The molecule has 1 aliphatic rings. The molecule has 1 aromatic rings. The van der Waals surface area contributed by atoms with Gasteiger partial charge in [-0.05, 0) is 47.8 Å². The molecule has 106 valence electrons. The summed E-state index contributed by atoms with van der Waals surface area (Å²) in [5.41, 5.74) is 0.136. The summed E-state index contributed by atoms with van der Waals surface area (Å²) in [6.45, 7) is 3.17. The Kier molecular flexibility index (Phi) is 4.92. The number of hydrogen-bond donors (Lipinski definition) is 0. The quantitative estimate of drug-likeness (QED) is 0.781. The standard InChI is InChI=1S/C14H18BrF2NO/c1-9-7-10(19-2)5-6-18(9)8-11-13(16)4-3-12(15)14(11)17/h3-4,9-10H,5-8H2,1-2H3. The average molecular weight is 334 g/mol. The highest BCUT2D eigenvalue weighted by atomic mass is 79.9. The molecule has 0 amide bonds. The lowest BCUT2D eigenvalue weighted by molar-refractivity contribution is 0.0122. The van der Waals surface area contributed by atoms with Crippen LogP contribution in [0.3, 0.4) is 0 Å². The van der Waals surface area contributed by atoms with Crippen molar-refractivity contribution in [1.29, 1.82) is 0 Å². The molecular formula is C14H18BrF2NO. The van der Waals surface area contributed by atoms with E-state index in [1.165, 1.54) is 12.1 Å². The summed E-state index contributed by atoms with van der Waals surface area (Å²) >= 11 is 3.10. The molecule has 2 atom stereocenters. The minimum absolute atomic E-state index is 0.136. The molecule has 0 N–H and O–H groups in total. The summed E-state index contributed by atoms with van der Waals surface area (Å²) in [5, 5.41) is 0. The summed E-state index contributed by atoms with van der Waals surface area (Å²) in [4.78, 5) is 2.10. The second kappa shape index (κ2) is 6.29. The van der Waals surface area contributed by atoms with E-state index in [2.05, 4.69) is 27.8 Å². The van der Waals surface area contributed by atoms with E-state index in [-0.39, 0.29) is 17.7 Å². The van der Waals surface area contributed by atoms with Gasteiger partial charge in [-0.15, -0.1) is 0 Å². The van der Waals surface area contributed by atoms with E-state index in [1.54, 1.807) is 7.11 Å². The van der Waals surface area contributed by atoms with Crippen molar-refractivity contribution in [2.45, 2.75) is 38.5 Å². The van der Waals surface area contributed by atoms with Gasteiger partial charge in [0.15, 0.2) is 0 Å². The zero-order chi connectivity index (χ0) is 14.0. The van der Waals surface area contributed by atoms with Gasteiger partial charge in [-0.25, -0.2) is 8.78 Å². The molecule has 1 aromatic carbocycles. The topological polar surface area (TPSA) is 12.5 Å². The zero-order valence-electron chi connectivity index (χ0n) is 11.1. The molecule has 1 fully saturated rings. The highest BCUT2D eigenvalue weighted by Crippen LogP contribution is 2.26. The van der Waals surface area contributed by atoms with Gasteiger partial charge in [0.2, 0.25) is 0 Å². The summed E-state index contributed by atoms with van der Waals surface area (Å²) in [5.74, 6) is -0.983. The molecule has 0 spiro atoms. The number of methoxy groups -OCH3 is 1. The van der Waals surface area contributed by atoms with Gasteiger partial charge in [-0.3, -0.25) is 4.90 Å². The highest BCUT2D eigenvalue weighted by Gasteiger charge is 2.27. The second-order valence-corrected chi connectivity index (χ2v) is 5.88. The molecule has 0 radical (unpaired) electrons. The normalized spacial score (nSPS) is 24.7. The lowest BCUT2D eigenvalue weighted by atomic mass is 9.99. The maximum absolute atomic E-state index is 13.9. The first-order valence-electron chi connectivity index (χ1n) is 6.42. The number of hydrogen-bond acceptors (Lipinski definition) is 2. The smallest absolute Gasteiger partial charge is 0.144 e. The Morgan fingerprint density at radius 1 is 1.42 bits per heavy atom. The van der Waals surface area contributed by atoms with E-state index in [9.17, 15) is 8.78 Å². The van der Waals surface area contributed by atoms with Crippen molar-refractivity contribution in [1.82, 2.24) is 4.90 Å². The van der Waals surface area contributed by atoms with Crippen LogP contribution >= 0.6 is 15.9 Å². The number of likely N-dealkylation sites (tertiary alicyclic amines) is 1. The van der Waals surface area contributed by atoms with Gasteiger partial charge in [0.1, 0.15) is 11.6 Å². The zero-order valence-corrected chi connectivity index (χ0v) is 12.7. The SMILES string of the molecule is COC1CCN(Cc2c(F)ccc(Br)c2F)C(C)C1. The van der Waals surface area contributed by atoms with Crippen LogP contribution in [0.2, 0.25) is 0 Å². The van der Waals surface area contributed by atoms with E-state index in [0.717, 1.165) is 19.4 Å². The van der Waals surface area contributed by atoms with Crippen LogP contribution in [0.5, 0.6) is 0 Å². The number of benzene rings is 1. The first-order chi connectivity index (χ1) is 9.02. The van der Waals surface area contributed by atoms with E-state index >= 15 is 0 Å². The van der Waals surface area contributed by atoms with Gasteiger partial charge < -0.3 is 4.74 Å². The minimum atomic E-state index is -0.499. The van der Waals surface area contributed by atoms with Crippen LogP contribution in [0, 0.1) is 11.6 Å². The molecule has 1 saturated heterocycles. The Bertz CT molecular complexity index is 455. The Hall–Kier alpha value is -0.520. The van der Waals surface area contributed by atoms with Gasteiger partial charge in [-0.1, -0.05) is 0 Å². The number of ether oxygens (including phenoxy) is 1. The third kappa shape index (κ3) is 3.33. The molecule has 0 aliphatic carbocycles. The number of rotatable bonds is 3. The summed E-state index contributed by atoms with van der Waals surface area (Å²) in [7, 11) is 1.71. The molecule has 2 rings (SSSR count). The van der Waals surface area contributed by atoms with E-state index in [0.29, 0.717) is 11.0 Å². The van der Waals surface area contributed by atoms with Crippen molar-refractivity contribution in [3.05, 3.63) is 33.8 Å². The number of piperidine rings is 1. The molecular weight excluding hydrogens is 316 g/mol. The van der Waals surface area contributed by atoms with Crippen molar-refractivity contribution in [3.8, 4) is 0 Å². The molecule has 5 heteroatoms. The maximum atomic E-state index is 13.9. The molecule has 1 heterocycles. The summed E-state index contributed by atoms with van der Waals surface area (Å²) in [6, 6.07) is 2.96. The monoisotopic (exact) mass is 333 g/mol. The van der Waals surface area contributed by atoms with Crippen molar-refractivity contribution in [3.63, 3.8) is 0 Å². The van der Waals surface area contributed by atoms with Crippen LogP contribution in [0.15, 0.2) is 16.6 Å². The van der Waals surface area contributed by atoms with Gasteiger partial charge in [0.05, 0.1) is 10.6 Å². The fourth-order valence-electron chi connectivity index (χ4n) is 2.54. The van der Waals surface area contributed by atoms with Crippen LogP contribution in [0.25, 0.3) is 0 Å². The third-order valence-electron chi connectivity index (χ3n) is 3.80. The van der Waals surface area contributed by atoms with E-state index in [4.69, 9.17) is 4.74 Å². The lowest BCUT2D eigenvalue weighted by Gasteiger charge is -2.37. The number of nitrogens with zero attached hydrogens (tertiary/aromatic N) is 1. The van der Waals surface area contributed by atoms with E-state index in [1.807, 2.05) is 0 Å². The Morgan fingerprint density at radius 2 is 2.16 bits per heavy atom. The fourth-order valence-corrected chi connectivity index (χ4v) is 2.92. The molecule has 1 aliphatic heterocycles. The van der Waals surface area contributed by atoms with Crippen LogP contribution < -0.4 is 0 Å². The van der Waals surface area contributed by atoms with E-state index < -0.39 is 11.6 Å². The second-order valence-electron chi connectivity index (χ2n) is 5.02. The van der Waals surface area contributed by atoms with Gasteiger partial charge in [-0.2, -0.15) is 0 Å². The lowest BCUT2D eigenvalue weighted by Crippen LogP contribution is -2.42. The number of halogens is 3. The van der Waals surface area contributed by atoms with Crippen molar-refractivity contribution >= 4 is 15.9 Å². The first kappa shape index (κ1) is 14.9. The average Bonchev–Trinajstić information content (AvgIpc) is 2.40. The van der Waals surface area contributed by atoms with Crippen molar-refractivity contribution in [2.24, 2.45) is 0 Å². The predicted octanol–water partition coefficient (Wildman–Crippen LogP) is 3.73. The van der Waals surface area contributed by atoms with Crippen LogP contribution in [0.4, 0.5) is 8.78 Å². The van der Waals surface area contributed by atoms with Gasteiger partial charge in [0, 0.05) is 31.8 Å². The Labute approximate surface area is 120 Å². The Morgan fingerprint density at radius 3 is 2.79 bits per heavy atom. The summed E-state index contributed by atoms with van der Waals surface area (Å²) < 4.78 is 33.3. The molecule has 0 bridgehead atoms. The highest BCUT2D eigenvalue weighted by molar-refractivity contribution is 9.10. The Balaban J connectivity index is 2.12. The maximum Gasteiger partial charge on any atom is 0.144 e. The van der Waals surface area contributed by atoms with Crippen molar-refractivity contribution < 1.29 is 13.5 Å². The van der Waals surface area contributed by atoms with Gasteiger partial charge >= 0.3 is 0 Å². The molecule has 2 nitrogen and oxygen atoms in total. The first-order valence-corrected chi connectivity index (χ1v) is 7.21. The van der Waals surface area contributed by atoms with Crippen LogP contribution in [-0.2, 0) is 11.3 Å². The summed E-state index contributed by atoms with van der Waals surface area (Å²) in [6.07, 6.45) is 2.05. The van der Waals surface area contributed by atoms with Crippen LogP contribution in [-0.4, -0.2) is 30.7 Å². The molecule has 0 aromatic heterocycles. The molecule has 2 unspecified atom stereocenters. The minimum Gasteiger partial charge on any atom is -0.381 e. The molecule has 0 saturated carbocycles. The third-order valence-corrected chi connectivity index (χ3v) is 4.41. The fraction of sp³-hybridized carbons (Fsp3) is 0.571.